The van der Waals surface area contributed by atoms with Crippen molar-refractivity contribution in [1.29, 1.82) is 0 Å². The molecule has 3 aromatic rings. The van der Waals surface area contributed by atoms with Crippen LogP contribution in [0.3, 0.4) is 0 Å². The lowest BCUT2D eigenvalue weighted by molar-refractivity contribution is 0.0958. The van der Waals surface area contributed by atoms with Gasteiger partial charge < -0.3 is 14.6 Å². The molecular weight excluding hydrogens is 416 g/mol. The maximum absolute atomic E-state index is 12.3. The second-order valence-electron chi connectivity index (χ2n) is 7.63. The number of anilines is 1. The van der Waals surface area contributed by atoms with Crippen molar-refractivity contribution in [2.24, 2.45) is 0 Å². The zero-order valence-electron chi connectivity index (χ0n) is 17.4. The highest BCUT2D eigenvalue weighted by Crippen LogP contribution is 2.25. The van der Waals surface area contributed by atoms with Crippen LogP contribution in [0.1, 0.15) is 15.9 Å². The van der Waals surface area contributed by atoms with E-state index < -0.39 is 5.76 Å². The Morgan fingerprint density at radius 3 is 2.77 bits per heavy atom. The standard InChI is InChI=1S/C23H25ClN4O3/c1-16-4-6-18(24)15-20(16)28-12-10-27(11-13-28)9-3-2-8-25-22(29)17-5-7-21-19(14-17)26-23(30)31-21/h2-7,14-15H,8-13H2,1H3,(H,25,29)(H,26,30). The summed E-state index contributed by atoms with van der Waals surface area (Å²) in [6, 6.07) is 10.9. The monoisotopic (exact) mass is 440 g/mol. The molecule has 0 aliphatic carbocycles. The first-order valence-electron chi connectivity index (χ1n) is 10.3. The minimum Gasteiger partial charge on any atom is -0.408 e. The summed E-state index contributed by atoms with van der Waals surface area (Å²) in [7, 11) is 0. The van der Waals surface area contributed by atoms with Crippen LogP contribution in [0, 0.1) is 6.92 Å². The van der Waals surface area contributed by atoms with Crippen molar-refractivity contribution in [1.82, 2.24) is 15.2 Å². The third kappa shape index (κ3) is 5.18. The molecule has 31 heavy (non-hydrogen) atoms. The number of rotatable bonds is 6. The number of carbonyl (C=O) groups excluding carboxylic acids is 1. The molecule has 1 saturated heterocycles. The fourth-order valence-corrected chi connectivity index (χ4v) is 3.91. The van der Waals surface area contributed by atoms with Gasteiger partial charge in [0.05, 0.1) is 5.52 Å². The normalized spacial score (nSPS) is 15.1. The van der Waals surface area contributed by atoms with Gasteiger partial charge in [0.1, 0.15) is 0 Å². The number of hydrogen-bond acceptors (Lipinski definition) is 5. The van der Waals surface area contributed by atoms with Crippen molar-refractivity contribution in [2.45, 2.75) is 6.92 Å². The summed E-state index contributed by atoms with van der Waals surface area (Å²) in [5.74, 6) is -0.724. The van der Waals surface area contributed by atoms with Crippen LogP contribution in [0.4, 0.5) is 5.69 Å². The van der Waals surface area contributed by atoms with E-state index in [9.17, 15) is 9.59 Å². The van der Waals surface area contributed by atoms with Gasteiger partial charge in [-0.05, 0) is 42.8 Å². The quantitative estimate of drug-likeness (QED) is 0.575. The average Bonchev–Trinajstić information content (AvgIpc) is 3.14. The minimum absolute atomic E-state index is 0.195. The highest BCUT2D eigenvalue weighted by molar-refractivity contribution is 6.30. The van der Waals surface area contributed by atoms with Gasteiger partial charge in [-0.25, -0.2) is 4.79 Å². The van der Waals surface area contributed by atoms with E-state index in [1.54, 1.807) is 18.2 Å². The molecule has 0 bridgehead atoms. The van der Waals surface area contributed by atoms with Crippen molar-refractivity contribution in [3.05, 3.63) is 75.3 Å². The van der Waals surface area contributed by atoms with Gasteiger partial charge >= 0.3 is 5.76 Å². The van der Waals surface area contributed by atoms with E-state index in [4.69, 9.17) is 16.0 Å². The Hall–Kier alpha value is -3.03. The summed E-state index contributed by atoms with van der Waals surface area (Å²) in [5.41, 5.74) is 3.88. The number of aryl methyl sites for hydroxylation is 1. The highest BCUT2D eigenvalue weighted by Gasteiger charge is 2.17. The van der Waals surface area contributed by atoms with E-state index in [0.717, 1.165) is 37.7 Å². The number of fused-ring (bicyclic) bond motifs is 1. The second kappa shape index (κ2) is 9.41. The lowest BCUT2D eigenvalue weighted by atomic mass is 10.1. The molecule has 1 aromatic heterocycles. The van der Waals surface area contributed by atoms with E-state index in [2.05, 4.69) is 39.2 Å². The Bertz CT molecular complexity index is 1160. The van der Waals surface area contributed by atoms with Crippen LogP contribution < -0.4 is 16.0 Å². The number of oxazole rings is 1. The maximum atomic E-state index is 12.3. The largest absolute Gasteiger partial charge is 0.417 e. The van der Waals surface area contributed by atoms with Crippen LogP contribution in [0.2, 0.25) is 5.02 Å². The number of aromatic nitrogens is 1. The Kier molecular flexibility index (Phi) is 6.44. The predicted octanol–water partition coefficient (Wildman–Crippen LogP) is 3.19. The SMILES string of the molecule is Cc1ccc(Cl)cc1N1CCN(CC=CCNC(=O)c2ccc3oc(=O)[nH]c3c2)CC1. The Morgan fingerprint density at radius 1 is 1.16 bits per heavy atom. The number of nitrogens with one attached hydrogen (secondary N) is 2. The molecule has 7 nitrogen and oxygen atoms in total. The number of halogens is 1. The highest BCUT2D eigenvalue weighted by atomic mass is 35.5. The maximum Gasteiger partial charge on any atom is 0.417 e. The van der Waals surface area contributed by atoms with E-state index >= 15 is 0 Å². The molecule has 2 aromatic carbocycles. The molecule has 8 heteroatoms. The molecule has 0 radical (unpaired) electrons. The van der Waals surface area contributed by atoms with E-state index in [1.807, 2.05) is 18.2 Å². The third-order valence-electron chi connectivity index (χ3n) is 5.48. The number of aromatic amines is 1. The topological polar surface area (TPSA) is 81.6 Å². The predicted molar refractivity (Wildman–Crippen MR) is 123 cm³/mol. The molecule has 0 saturated carbocycles. The number of carbonyl (C=O) groups is 1. The van der Waals surface area contributed by atoms with Crippen LogP contribution in [0.15, 0.2) is 57.8 Å². The van der Waals surface area contributed by atoms with Crippen LogP contribution in [-0.2, 0) is 0 Å². The first kappa shape index (κ1) is 21.2. The summed E-state index contributed by atoms with van der Waals surface area (Å²) in [6.45, 7) is 7.29. The fraction of sp³-hybridized carbons (Fsp3) is 0.304. The molecule has 1 amide bonds. The molecule has 1 aliphatic rings. The van der Waals surface area contributed by atoms with Crippen molar-refractivity contribution < 1.29 is 9.21 Å². The van der Waals surface area contributed by atoms with Gasteiger partial charge in [0.15, 0.2) is 5.58 Å². The first-order chi connectivity index (χ1) is 15.0. The zero-order chi connectivity index (χ0) is 21.8. The van der Waals surface area contributed by atoms with Gasteiger partial charge in [0.25, 0.3) is 5.91 Å². The fourth-order valence-electron chi connectivity index (χ4n) is 3.75. The summed E-state index contributed by atoms with van der Waals surface area (Å²) < 4.78 is 4.95. The van der Waals surface area contributed by atoms with E-state index in [1.165, 1.54) is 11.3 Å². The number of amides is 1. The molecule has 0 unspecified atom stereocenters. The van der Waals surface area contributed by atoms with Gasteiger partial charge in [0, 0.05) is 55.5 Å². The van der Waals surface area contributed by atoms with Gasteiger partial charge in [-0.15, -0.1) is 0 Å². The number of hydrogen-bond donors (Lipinski definition) is 2. The van der Waals surface area contributed by atoms with Crippen LogP contribution in [0.25, 0.3) is 11.1 Å². The lowest BCUT2D eigenvalue weighted by Crippen LogP contribution is -2.46. The smallest absolute Gasteiger partial charge is 0.408 e. The van der Waals surface area contributed by atoms with E-state index in [0.29, 0.717) is 23.2 Å². The number of H-pyrrole nitrogens is 1. The van der Waals surface area contributed by atoms with Crippen molar-refractivity contribution in [2.75, 3.05) is 44.2 Å². The van der Waals surface area contributed by atoms with Gasteiger partial charge in [-0.1, -0.05) is 29.8 Å². The Labute approximate surface area is 185 Å². The molecule has 1 aliphatic heterocycles. The summed E-state index contributed by atoms with van der Waals surface area (Å²) in [4.78, 5) is 30.8. The molecule has 2 heterocycles. The van der Waals surface area contributed by atoms with Crippen LogP contribution >= 0.6 is 11.6 Å². The summed E-state index contributed by atoms with van der Waals surface area (Å²) in [6.07, 6.45) is 4.04. The van der Waals surface area contributed by atoms with Crippen molar-refractivity contribution >= 4 is 34.3 Å². The van der Waals surface area contributed by atoms with Crippen molar-refractivity contribution in [3.8, 4) is 0 Å². The molecule has 162 valence electrons. The Balaban J connectivity index is 1.21. The molecule has 2 N–H and O–H groups in total. The molecule has 0 atom stereocenters. The van der Waals surface area contributed by atoms with E-state index in [-0.39, 0.29) is 5.91 Å². The zero-order valence-corrected chi connectivity index (χ0v) is 18.1. The Morgan fingerprint density at radius 2 is 1.97 bits per heavy atom. The average molecular weight is 441 g/mol. The number of piperazine rings is 1. The van der Waals surface area contributed by atoms with Crippen LogP contribution in [-0.4, -0.2) is 55.1 Å². The molecule has 1 fully saturated rings. The van der Waals surface area contributed by atoms with Gasteiger partial charge in [0.2, 0.25) is 0 Å². The number of nitrogens with zero attached hydrogens (tertiary/aromatic N) is 2. The minimum atomic E-state index is -0.529. The van der Waals surface area contributed by atoms with Gasteiger partial charge in [-0.2, -0.15) is 0 Å². The third-order valence-corrected chi connectivity index (χ3v) is 5.71. The van der Waals surface area contributed by atoms with Gasteiger partial charge in [-0.3, -0.25) is 14.7 Å². The summed E-state index contributed by atoms with van der Waals surface area (Å²) >= 11 is 6.16. The van der Waals surface area contributed by atoms with Crippen molar-refractivity contribution in [3.63, 3.8) is 0 Å². The second-order valence-corrected chi connectivity index (χ2v) is 8.06. The molecule has 4 rings (SSSR count). The lowest BCUT2D eigenvalue weighted by Gasteiger charge is -2.36. The molecular formula is C23H25ClN4O3. The number of benzene rings is 2. The molecule has 0 spiro atoms. The first-order valence-corrected chi connectivity index (χ1v) is 10.7. The van der Waals surface area contributed by atoms with Crippen LogP contribution in [0.5, 0.6) is 0 Å². The summed E-state index contributed by atoms with van der Waals surface area (Å²) in [5, 5.41) is 3.63.